The minimum Gasteiger partial charge on any atom is -0.365 e. The summed E-state index contributed by atoms with van der Waals surface area (Å²) in [6.07, 6.45) is 10.2. The highest BCUT2D eigenvalue weighted by Gasteiger charge is 2.19. The third-order valence-corrected chi connectivity index (χ3v) is 6.52. The number of pyridine rings is 2. The van der Waals surface area contributed by atoms with Crippen LogP contribution in [0.1, 0.15) is 37.7 Å². The largest absolute Gasteiger partial charge is 0.365 e. The van der Waals surface area contributed by atoms with Crippen LogP contribution in [0.5, 0.6) is 0 Å². The normalized spacial score (nSPS) is 14.4. The molecule has 1 saturated carbocycles. The first-order valence-corrected chi connectivity index (χ1v) is 12.0. The van der Waals surface area contributed by atoms with Gasteiger partial charge >= 0.3 is 0 Å². The molecule has 174 valence electrons. The standard InChI is InChI=1S/C27H28FN5O/c28-22-10-8-21(9-11-22)23-12-13-24-26(32-23)33(18-20-5-2-1-3-6-20)27(34)25(31-24)30-16-14-19-7-4-15-29-17-19/h4,7-13,15,17,20H,1-3,5-6,14,16,18H2,(H,30,31). The van der Waals surface area contributed by atoms with Crippen molar-refractivity contribution in [1.82, 2.24) is 19.5 Å². The van der Waals surface area contributed by atoms with Crippen LogP contribution < -0.4 is 10.9 Å². The lowest BCUT2D eigenvalue weighted by molar-refractivity contribution is 0.319. The van der Waals surface area contributed by atoms with E-state index in [4.69, 9.17) is 4.98 Å². The van der Waals surface area contributed by atoms with Crippen LogP contribution >= 0.6 is 0 Å². The van der Waals surface area contributed by atoms with E-state index in [0.717, 1.165) is 30.4 Å². The van der Waals surface area contributed by atoms with Crippen molar-refractivity contribution in [2.75, 3.05) is 11.9 Å². The van der Waals surface area contributed by atoms with Gasteiger partial charge in [0.25, 0.3) is 5.56 Å². The molecule has 34 heavy (non-hydrogen) atoms. The van der Waals surface area contributed by atoms with Gasteiger partial charge in [0.2, 0.25) is 0 Å². The maximum absolute atomic E-state index is 13.5. The summed E-state index contributed by atoms with van der Waals surface area (Å²) in [5.41, 5.74) is 3.71. The van der Waals surface area contributed by atoms with Gasteiger partial charge in [-0.1, -0.05) is 25.3 Å². The molecule has 0 unspecified atom stereocenters. The van der Waals surface area contributed by atoms with Gasteiger partial charge in [-0.15, -0.1) is 0 Å². The molecule has 3 aromatic heterocycles. The van der Waals surface area contributed by atoms with Gasteiger partial charge in [0.05, 0.1) is 5.69 Å². The van der Waals surface area contributed by atoms with Crippen molar-refractivity contribution in [1.29, 1.82) is 0 Å². The first-order chi connectivity index (χ1) is 16.7. The van der Waals surface area contributed by atoms with E-state index < -0.39 is 0 Å². The van der Waals surface area contributed by atoms with Crippen molar-refractivity contribution >= 4 is 17.0 Å². The minimum atomic E-state index is -0.289. The molecule has 1 N–H and O–H groups in total. The lowest BCUT2D eigenvalue weighted by Crippen LogP contribution is -2.30. The highest BCUT2D eigenvalue weighted by molar-refractivity contribution is 5.76. The number of aromatic nitrogens is 4. The average molecular weight is 458 g/mol. The molecule has 0 aliphatic heterocycles. The van der Waals surface area contributed by atoms with E-state index in [1.165, 1.54) is 31.4 Å². The monoisotopic (exact) mass is 457 g/mol. The summed E-state index contributed by atoms with van der Waals surface area (Å²) in [5, 5.41) is 3.24. The van der Waals surface area contributed by atoms with Crippen LogP contribution in [0.2, 0.25) is 0 Å². The predicted octanol–water partition coefficient (Wildman–Crippen LogP) is 5.23. The number of nitrogens with one attached hydrogen (secondary N) is 1. The Morgan fingerprint density at radius 2 is 1.82 bits per heavy atom. The maximum Gasteiger partial charge on any atom is 0.294 e. The first-order valence-electron chi connectivity index (χ1n) is 12.0. The summed E-state index contributed by atoms with van der Waals surface area (Å²) in [5.74, 6) is 0.516. The average Bonchev–Trinajstić information content (AvgIpc) is 2.88. The number of benzene rings is 1. The van der Waals surface area contributed by atoms with E-state index in [-0.39, 0.29) is 11.4 Å². The number of hydrogen-bond donors (Lipinski definition) is 1. The number of hydrogen-bond acceptors (Lipinski definition) is 5. The van der Waals surface area contributed by atoms with Gasteiger partial charge < -0.3 is 5.32 Å². The van der Waals surface area contributed by atoms with E-state index in [0.29, 0.717) is 41.7 Å². The molecule has 4 aromatic rings. The van der Waals surface area contributed by atoms with E-state index in [2.05, 4.69) is 15.3 Å². The van der Waals surface area contributed by atoms with Crippen molar-refractivity contribution in [3.05, 3.63) is 82.7 Å². The molecule has 0 radical (unpaired) electrons. The molecule has 1 fully saturated rings. The van der Waals surface area contributed by atoms with Crippen molar-refractivity contribution < 1.29 is 4.39 Å². The molecule has 1 aliphatic rings. The van der Waals surface area contributed by atoms with Gasteiger partial charge in [-0.25, -0.2) is 14.4 Å². The third-order valence-electron chi connectivity index (χ3n) is 6.52. The SMILES string of the molecule is O=c1c(NCCc2cccnc2)nc2ccc(-c3ccc(F)cc3)nc2n1CC1CCCCC1. The number of anilines is 1. The van der Waals surface area contributed by atoms with Crippen LogP contribution in [-0.2, 0) is 13.0 Å². The highest BCUT2D eigenvalue weighted by Crippen LogP contribution is 2.26. The van der Waals surface area contributed by atoms with Crippen LogP contribution in [0, 0.1) is 11.7 Å². The molecule has 0 bridgehead atoms. The Morgan fingerprint density at radius 1 is 1.00 bits per heavy atom. The molecule has 3 heterocycles. The molecular formula is C27H28FN5O. The summed E-state index contributed by atoms with van der Waals surface area (Å²) in [7, 11) is 0. The molecule has 0 atom stereocenters. The molecule has 1 aromatic carbocycles. The van der Waals surface area contributed by atoms with Gasteiger partial charge in [0.15, 0.2) is 11.5 Å². The van der Waals surface area contributed by atoms with E-state index in [1.54, 1.807) is 22.9 Å². The fourth-order valence-corrected chi connectivity index (χ4v) is 4.68. The second-order valence-corrected chi connectivity index (χ2v) is 8.96. The predicted molar refractivity (Wildman–Crippen MR) is 132 cm³/mol. The Morgan fingerprint density at radius 3 is 2.59 bits per heavy atom. The van der Waals surface area contributed by atoms with E-state index in [1.807, 2.05) is 30.5 Å². The summed E-state index contributed by atoms with van der Waals surface area (Å²) in [6, 6.07) is 13.9. The van der Waals surface area contributed by atoms with Crippen LogP contribution in [0.4, 0.5) is 10.2 Å². The molecule has 0 spiro atoms. The fourth-order valence-electron chi connectivity index (χ4n) is 4.68. The molecule has 0 saturated heterocycles. The quantitative estimate of drug-likeness (QED) is 0.412. The van der Waals surface area contributed by atoms with Gasteiger partial charge in [-0.3, -0.25) is 14.3 Å². The van der Waals surface area contributed by atoms with Crippen molar-refractivity contribution in [2.45, 2.75) is 45.1 Å². The second-order valence-electron chi connectivity index (χ2n) is 8.96. The number of fused-ring (bicyclic) bond motifs is 1. The lowest BCUT2D eigenvalue weighted by Gasteiger charge is -2.23. The topological polar surface area (TPSA) is 72.7 Å². The fraction of sp³-hybridized carbons (Fsp3) is 0.333. The zero-order chi connectivity index (χ0) is 23.3. The van der Waals surface area contributed by atoms with Crippen molar-refractivity contribution in [3.63, 3.8) is 0 Å². The zero-order valence-electron chi connectivity index (χ0n) is 19.1. The van der Waals surface area contributed by atoms with E-state index in [9.17, 15) is 9.18 Å². The lowest BCUT2D eigenvalue weighted by atomic mass is 9.89. The van der Waals surface area contributed by atoms with Crippen LogP contribution in [0.15, 0.2) is 65.7 Å². The van der Waals surface area contributed by atoms with Gasteiger partial charge in [-0.05, 0) is 73.2 Å². The Labute approximate surface area is 197 Å². The molecule has 0 amide bonds. The third kappa shape index (κ3) is 4.98. The zero-order valence-corrected chi connectivity index (χ0v) is 19.1. The number of nitrogens with zero attached hydrogens (tertiary/aromatic N) is 4. The van der Waals surface area contributed by atoms with Crippen molar-refractivity contribution in [2.24, 2.45) is 5.92 Å². The van der Waals surface area contributed by atoms with Crippen LogP contribution in [0.25, 0.3) is 22.4 Å². The molecular weight excluding hydrogens is 429 g/mol. The minimum absolute atomic E-state index is 0.145. The van der Waals surface area contributed by atoms with Crippen LogP contribution in [0.3, 0.4) is 0 Å². The summed E-state index contributed by atoms with van der Waals surface area (Å²) in [4.78, 5) is 27.1. The molecule has 1 aliphatic carbocycles. The Balaban J connectivity index is 1.50. The highest BCUT2D eigenvalue weighted by atomic mass is 19.1. The molecule has 7 heteroatoms. The molecule has 5 rings (SSSR count). The number of halogens is 1. The maximum atomic E-state index is 13.5. The first kappa shape index (κ1) is 22.2. The van der Waals surface area contributed by atoms with Gasteiger partial charge in [0, 0.05) is 31.0 Å². The van der Waals surface area contributed by atoms with Gasteiger partial charge in [-0.2, -0.15) is 0 Å². The second kappa shape index (κ2) is 10.1. The summed E-state index contributed by atoms with van der Waals surface area (Å²) < 4.78 is 15.2. The van der Waals surface area contributed by atoms with E-state index >= 15 is 0 Å². The van der Waals surface area contributed by atoms with Crippen molar-refractivity contribution in [3.8, 4) is 11.3 Å². The van der Waals surface area contributed by atoms with Crippen LogP contribution in [-0.4, -0.2) is 26.1 Å². The molecule has 6 nitrogen and oxygen atoms in total. The summed E-state index contributed by atoms with van der Waals surface area (Å²) in [6.45, 7) is 1.22. The number of rotatable bonds is 7. The Hall–Kier alpha value is -3.61. The smallest absolute Gasteiger partial charge is 0.294 e. The Kier molecular flexibility index (Phi) is 6.60. The van der Waals surface area contributed by atoms with Gasteiger partial charge in [0.1, 0.15) is 11.3 Å². The Bertz CT molecular complexity index is 1310. The summed E-state index contributed by atoms with van der Waals surface area (Å²) >= 11 is 0.